The molecule has 0 saturated carbocycles. The SMILES string of the molecule is O=[N+]([O-])c1ccc(CN2CCc3nc(-c4ccco4)ncc3C2)c([N+](=O)[O-])c1. The van der Waals surface area contributed by atoms with Crippen LogP contribution >= 0.6 is 0 Å². The van der Waals surface area contributed by atoms with Crippen LogP contribution in [0.2, 0.25) is 0 Å². The van der Waals surface area contributed by atoms with Crippen molar-refractivity contribution >= 4 is 11.4 Å². The molecule has 28 heavy (non-hydrogen) atoms. The first-order valence-electron chi connectivity index (χ1n) is 8.54. The molecule has 0 bridgehead atoms. The monoisotopic (exact) mass is 381 g/mol. The van der Waals surface area contributed by atoms with E-state index in [1.165, 1.54) is 12.1 Å². The summed E-state index contributed by atoms with van der Waals surface area (Å²) in [7, 11) is 0. The van der Waals surface area contributed by atoms with Crippen LogP contribution in [0.15, 0.2) is 47.2 Å². The van der Waals surface area contributed by atoms with Crippen LogP contribution in [0.3, 0.4) is 0 Å². The summed E-state index contributed by atoms with van der Waals surface area (Å²) >= 11 is 0. The van der Waals surface area contributed by atoms with Gasteiger partial charge in [-0.05, 0) is 18.2 Å². The van der Waals surface area contributed by atoms with E-state index in [1.807, 2.05) is 4.90 Å². The molecule has 142 valence electrons. The first kappa shape index (κ1) is 17.7. The van der Waals surface area contributed by atoms with E-state index in [2.05, 4.69) is 9.97 Å². The van der Waals surface area contributed by atoms with Crippen LogP contribution in [-0.4, -0.2) is 31.3 Å². The number of nitro groups is 2. The van der Waals surface area contributed by atoms with Gasteiger partial charge in [0.05, 0.1) is 27.9 Å². The highest BCUT2D eigenvalue weighted by Gasteiger charge is 2.24. The fourth-order valence-electron chi connectivity index (χ4n) is 3.24. The van der Waals surface area contributed by atoms with Crippen LogP contribution < -0.4 is 0 Å². The first-order chi connectivity index (χ1) is 13.5. The summed E-state index contributed by atoms with van der Waals surface area (Å²) in [6, 6.07) is 7.31. The van der Waals surface area contributed by atoms with Crippen molar-refractivity contribution in [3.63, 3.8) is 0 Å². The van der Waals surface area contributed by atoms with Crippen molar-refractivity contribution in [2.24, 2.45) is 0 Å². The Morgan fingerprint density at radius 3 is 2.75 bits per heavy atom. The van der Waals surface area contributed by atoms with Crippen molar-refractivity contribution in [3.8, 4) is 11.6 Å². The lowest BCUT2D eigenvalue weighted by atomic mass is 10.1. The molecule has 0 aliphatic carbocycles. The molecule has 2 aromatic heterocycles. The number of fused-ring (bicyclic) bond motifs is 1. The number of rotatable bonds is 5. The highest BCUT2D eigenvalue weighted by Crippen LogP contribution is 2.28. The van der Waals surface area contributed by atoms with Gasteiger partial charge in [-0.25, -0.2) is 9.97 Å². The number of nitrogens with zero attached hydrogens (tertiary/aromatic N) is 5. The van der Waals surface area contributed by atoms with Crippen LogP contribution in [0.5, 0.6) is 0 Å². The van der Waals surface area contributed by atoms with Crippen LogP contribution in [0.1, 0.15) is 16.8 Å². The normalized spacial score (nSPS) is 13.9. The van der Waals surface area contributed by atoms with Crippen LogP contribution in [0.25, 0.3) is 11.6 Å². The Kier molecular flexibility index (Phi) is 4.53. The zero-order valence-corrected chi connectivity index (χ0v) is 14.6. The van der Waals surface area contributed by atoms with E-state index in [1.54, 1.807) is 24.6 Å². The van der Waals surface area contributed by atoms with Gasteiger partial charge in [-0.2, -0.15) is 0 Å². The molecule has 1 aromatic carbocycles. The Hall–Kier alpha value is -3.66. The summed E-state index contributed by atoms with van der Waals surface area (Å²) in [6.45, 7) is 1.52. The molecular weight excluding hydrogens is 366 g/mol. The quantitative estimate of drug-likeness (QED) is 0.487. The second-order valence-electron chi connectivity index (χ2n) is 6.43. The minimum absolute atomic E-state index is 0.246. The lowest BCUT2D eigenvalue weighted by molar-refractivity contribution is -0.394. The maximum Gasteiger partial charge on any atom is 0.280 e. The molecule has 0 saturated heterocycles. The van der Waals surface area contributed by atoms with E-state index in [9.17, 15) is 20.2 Å². The van der Waals surface area contributed by atoms with Gasteiger partial charge in [0.15, 0.2) is 11.6 Å². The highest BCUT2D eigenvalue weighted by atomic mass is 16.6. The number of hydrogen-bond acceptors (Lipinski definition) is 8. The van der Waals surface area contributed by atoms with E-state index in [0.29, 0.717) is 43.2 Å². The van der Waals surface area contributed by atoms with Gasteiger partial charge in [-0.3, -0.25) is 25.1 Å². The van der Waals surface area contributed by atoms with Crippen molar-refractivity contribution in [2.45, 2.75) is 19.5 Å². The van der Waals surface area contributed by atoms with E-state index < -0.39 is 9.85 Å². The maximum atomic E-state index is 11.3. The van der Waals surface area contributed by atoms with Crippen molar-refractivity contribution in [1.29, 1.82) is 0 Å². The number of benzene rings is 1. The Labute approximate surface area is 158 Å². The standard InChI is InChI=1S/C18H15N5O5/c24-22(25)14-4-3-12(16(8-14)23(26)27)10-21-6-5-15-13(11-21)9-19-18(20-15)17-2-1-7-28-17/h1-4,7-9H,5-6,10-11H2. The number of hydrogen-bond donors (Lipinski definition) is 0. The topological polar surface area (TPSA) is 128 Å². The molecule has 0 fully saturated rings. The van der Waals surface area contributed by atoms with Gasteiger partial charge in [0.25, 0.3) is 11.4 Å². The third kappa shape index (κ3) is 3.45. The summed E-state index contributed by atoms with van der Waals surface area (Å²) in [4.78, 5) is 31.9. The largest absolute Gasteiger partial charge is 0.461 e. The van der Waals surface area contributed by atoms with E-state index in [-0.39, 0.29) is 11.4 Å². The van der Waals surface area contributed by atoms with E-state index in [4.69, 9.17) is 4.42 Å². The molecule has 3 heterocycles. The molecule has 10 heteroatoms. The fraction of sp³-hybridized carbons (Fsp3) is 0.222. The van der Waals surface area contributed by atoms with E-state index >= 15 is 0 Å². The second kappa shape index (κ2) is 7.16. The molecule has 3 aromatic rings. The zero-order valence-electron chi connectivity index (χ0n) is 14.6. The van der Waals surface area contributed by atoms with Crippen molar-refractivity contribution in [2.75, 3.05) is 6.54 Å². The average molecular weight is 381 g/mol. The molecule has 0 amide bonds. The lowest BCUT2D eigenvalue weighted by Crippen LogP contribution is -2.31. The summed E-state index contributed by atoms with van der Waals surface area (Å²) in [5, 5.41) is 22.2. The molecule has 0 unspecified atom stereocenters. The van der Waals surface area contributed by atoms with Crippen LogP contribution in [0.4, 0.5) is 11.4 Å². The molecule has 0 atom stereocenters. The van der Waals surface area contributed by atoms with Gasteiger partial charge in [0.2, 0.25) is 0 Å². The molecular formula is C18H15N5O5. The predicted octanol–water partition coefficient (Wildman–Crippen LogP) is 3.11. The van der Waals surface area contributed by atoms with Gasteiger partial charge in [-0.15, -0.1) is 0 Å². The van der Waals surface area contributed by atoms with Crippen LogP contribution in [-0.2, 0) is 19.5 Å². The molecule has 1 aliphatic heterocycles. The van der Waals surface area contributed by atoms with Gasteiger partial charge in [0.1, 0.15) is 0 Å². The van der Waals surface area contributed by atoms with Gasteiger partial charge in [0, 0.05) is 49.4 Å². The van der Waals surface area contributed by atoms with Crippen molar-refractivity contribution < 1.29 is 14.3 Å². The minimum atomic E-state index is -0.637. The van der Waals surface area contributed by atoms with Gasteiger partial charge in [-0.1, -0.05) is 0 Å². The maximum absolute atomic E-state index is 11.3. The Morgan fingerprint density at radius 1 is 1.18 bits per heavy atom. The van der Waals surface area contributed by atoms with Crippen molar-refractivity contribution in [1.82, 2.24) is 14.9 Å². The Bertz CT molecular complexity index is 1050. The Morgan fingerprint density at radius 2 is 2.04 bits per heavy atom. The minimum Gasteiger partial charge on any atom is -0.461 e. The molecule has 10 nitrogen and oxygen atoms in total. The van der Waals surface area contributed by atoms with Crippen molar-refractivity contribution in [3.05, 3.63) is 79.8 Å². The molecule has 0 spiro atoms. The third-order valence-corrected chi connectivity index (χ3v) is 4.62. The average Bonchev–Trinajstić information content (AvgIpc) is 3.22. The fourth-order valence-corrected chi connectivity index (χ4v) is 3.24. The van der Waals surface area contributed by atoms with Gasteiger partial charge < -0.3 is 4.42 Å². The third-order valence-electron chi connectivity index (χ3n) is 4.62. The molecule has 1 aliphatic rings. The summed E-state index contributed by atoms with van der Waals surface area (Å²) < 4.78 is 5.33. The second-order valence-corrected chi connectivity index (χ2v) is 6.43. The summed E-state index contributed by atoms with van der Waals surface area (Å²) in [5.74, 6) is 1.13. The summed E-state index contributed by atoms with van der Waals surface area (Å²) in [6.07, 6.45) is 3.99. The lowest BCUT2D eigenvalue weighted by Gasteiger charge is -2.27. The predicted molar refractivity (Wildman–Crippen MR) is 97.3 cm³/mol. The Balaban J connectivity index is 1.54. The molecule has 0 radical (unpaired) electrons. The number of aromatic nitrogens is 2. The molecule has 4 rings (SSSR count). The van der Waals surface area contributed by atoms with E-state index in [0.717, 1.165) is 17.3 Å². The zero-order chi connectivity index (χ0) is 19.7. The smallest absolute Gasteiger partial charge is 0.280 e. The number of nitro benzene ring substituents is 2. The highest BCUT2D eigenvalue weighted by molar-refractivity contribution is 5.49. The van der Waals surface area contributed by atoms with Crippen LogP contribution in [0, 0.1) is 20.2 Å². The number of furan rings is 1. The number of non-ortho nitro benzene ring substituents is 1. The first-order valence-corrected chi connectivity index (χ1v) is 8.54. The van der Waals surface area contributed by atoms with Gasteiger partial charge >= 0.3 is 0 Å². The molecule has 0 N–H and O–H groups in total. The summed E-state index contributed by atoms with van der Waals surface area (Å²) in [5.41, 5.74) is 1.77.